The van der Waals surface area contributed by atoms with E-state index in [0.29, 0.717) is 31.0 Å². The Morgan fingerprint density at radius 1 is 1.42 bits per heavy atom. The number of nitrogens with one attached hydrogen (secondary N) is 1. The quantitative estimate of drug-likeness (QED) is 0.899. The summed E-state index contributed by atoms with van der Waals surface area (Å²) in [6.07, 6.45) is 0.884. The van der Waals surface area contributed by atoms with Crippen LogP contribution in [0, 0.1) is 6.92 Å². The van der Waals surface area contributed by atoms with E-state index in [1.165, 1.54) is 0 Å². The number of rotatable bonds is 4. The maximum absolute atomic E-state index is 12.8. The van der Waals surface area contributed by atoms with Crippen molar-refractivity contribution in [3.8, 4) is 0 Å². The molecule has 0 radical (unpaired) electrons. The second-order valence-corrected chi connectivity index (χ2v) is 6.60. The standard InChI is InChI=1S/C17H19Cl2N3O2/c1-11-12(17(19)24-21-11)6-7-16(23)22-9-8-20-10-15(22)13-4-2-3-5-14(13)18/h2-5,15,20H,6-10H2,1H3. The fraction of sp³-hybridized carbons (Fsp3) is 0.412. The molecule has 1 unspecified atom stereocenters. The number of halogens is 2. The van der Waals surface area contributed by atoms with E-state index in [0.717, 1.165) is 23.4 Å². The number of amides is 1. The molecular weight excluding hydrogens is 349 g/mol. The Morgan fingerprint density at radius 3 is 2.92 bits per heavy atom. The van der Waals surface area contributed by atoms with Gasteiger partial charge in [-0.25, -0.2) is 0 Å². The molecule has 1 aliphatic rings. The summed E-state index contributed by atoms with van der Waals surface area (Å²) >= 11 is 12.3. The lowest BCUT2D eigenvalue weighted by Crippen LogP contribution is -2.48. The molecule has 0 saturated carbocycles. The van der Waals surface area contributed by atoms with E-state index in [4.69, 9.17) is 27.7 Å². The molecule has 0 aliphatic carbocycles. The van der Waals surface area contributed by atoms with E-state index < -0.39 is 0 Å². The first-order chi connectivity index (χ1) is 11.6. The highest BCUT2D eigenvalue weighted by Crippen LogP contribution is 2.29. The summed E-state index contributed by atoms with van der Waals surface area (Å²) in [5.74, 6) is 0.0816. The minimum absolute atomic E-state index is 0.0565. The number of aryl methyl sites for hydroxylation is 1. The molecule has 128 valence electrons. The second-order valence-electron chi connectivity index (χ2n) is 5.85. The average Bonchev–Trinajstić information content (AvgIpc) is 2.91. The zero-order valence-electron chi connectivity index (χ0n) is 13.4. The molecule has 7 heteroatoms. The molecule has 1 aromatic carbocycles. The molecule has 1 N–H and O–H groups in total. The van der Waals surface area contributed by atoms with E-state index in [1.807, 2.05) is 36.1 Å². The molecule has 0 spiro atoms. The van der Waals surface area contributed by atoms with Crippen LogP contribution < -0.4 is 5.32 Å². The molecule has 1 amide bonds. The Hall–Kier alpha value is -1.56. The van der Waals surface area contributed by atoms with E-state index >= 15 is 0 Å². The molecule has 0 bridgehead atoms. The summed E-state index contributed by atoms with van der Waals surface area (Å²) in [7, 11) is 0. The van der Waals surface area contributed by atoms with Crippen LogP contribution in [0.4, 0.5) is 0 Å². The summed E-state index contributed by atoms with van der Waals surface area (Å²) in [6, 6.07) is 7.61. The molecule has 1 aromatic heterocycles. The number of carbonyl (C=O) groups excluding carboxylic acids is 1. The van der Waals surface area contributed by atoms with Gasteiger partial charge in [-0.3, -0.25) is 4.79 Å². The normalized spacial score (nSPS) is 18.0. The van der Waals surface area contributed by atoms with Crippen LogP contribution in [0.5, 0.6) is 0 Å². The summed E-state index contributed by atoms with van der Waals surface area (Å²) in [5, 5.41) is 8.11. The van der Waals surface area contributed by atoms with Crippen LogP contribution in [0.3, 0.4) is 0 Å². The van der Waals surface area contributed by atoms with Crippen molar-refractivity contribution in [1.82, 2.24) is 15.4 Å². The third-order valence-corrected chi connectivity index (χ3v) is 4.99. The second kappa shape index (κ2) is 7.55. The third kappa shape index (κ3) is 3.58. The predicted octanol–water partition coefficient (Wildman–Crippen LogP) is 3.40. The first kappa shape index (κ1) is 17.3. The monoisotopic (exact) mass is 367 g/mol. The van der Waals surface area contributed by atoms with Gasteiger partial charge in [0.2, 0.25) is 11.1 Å². The van der Waals surface area contributed by atoms with Crippen LogP contribution in [0.1, 0.15) is 29.3 Å². The van der Waals surface area contributed by atoms with Gasteiger partial charge in [0.15, 0.2) is 0 Å². The van der Waals surface area contributed by atoms with Gasteiger partial charge in [-0.1, -0.05) is 35.0 Å². The Kier molecular flexibility index (Phi) is 5.43. The summed E-state index contributed by atoms with van der Waals surface area (Å²) < 4.78 is 4.94. The number of nitrogens with zero attached hydrogens (tertiary/aromatic N) is 2. The summed E-state index contributed by atoms with van der Waals surface area (Å²) in [4.78, 5) is 14.7. The highest BCUT2D eigenvalue weighted by atomic mass is 35.5. The van der Waals surface area contributed by atoms with Crippen molar-refractivity contribution in [2.24, 2.45) is 0 Å². The van der Waals surface area contributed by atoms with Gasteiger partial charge in [-0.15, -0.1) is 0 Å². The van der Waals surface area contributed by atoms with Gasteiger partial charge in [0, 0.05) is 36.6 Å². The lowest BCUT2D eigenvalue weighted by atomic mass is 10.0. The van der Waals surface area contributed by atoms with Crippen LogP contribution in [0.2, 0.25) is 10.2 Å². The number of carbonyl (C=O) groups is 1. The molecule has 1 atom stereocenters. The molecule has 24 heavy (non-hydrogen) atoms. The highest BCUT2D eigenvalue weighted by molar-refractivity contribution is 6.31. The Balaban J connectivity index is 1.73. The van der Waals surface area contributed by atoms with Crippen molar-refractivity contribution in [3.05, 3.63) is 51.3 Å². The van der Waals surface area contributed by atoms with Crippen molar-refractivity contribution in [3.63, 3.8) is 0 Å². The van der Waals surface area contributed by atoms with Gasteiger partial charge in [0.05, 0.1) is 11.7 Å². The van der Waals surface area contributed by atoms with E-state index in [-0.39, 0.29) is 17.2 Å². The number of benzene rings is 1. The predicted molar refractivity (Wildman–Crippen MR) is 93.3 cm³/mol. The number of piperazine rings is 1. The maximum Gasteiger partial charge on any atom is 0.229 e. The first-order valence-electron chi connectivity index (χ1n) is 7.93. The van der Waals surface area contributed by atoms with Crippen molar-refractivity contribution >= 4 is 29.1 Å². The Bertz CT molecular complexity index is 713. The van der Waals surface area contributed by atoms with E-state index in [1.54, 1.807) is 0 Å². The molecule has 1 fully saturated rings. The molecule has 1 saturated heterocycles. The van der Waals surface area contributed by atoms with Crippen molar-refractivity contribution in [2.75, 3.05) is 19.6 Å². The molecular formula is C17H19Cl2N3O2. The fourth-order valence-corrected chi connectivity index (χ4v) is 3.57. The zero-order valence-corrected chi connectivity index (χ0v) is 14.9. The van der Waals surface area contributed by atoms with Crippen LogP contribution in [-0.4, -0.2) is 35.6 Å². The molecule has 3 rings (SSSR count). The maximum atomic E-state index is 12.8. The molecule has 5 nitrogen and oxygen atoms in total. The number of hydrogen-bond donors (Lipinski definition) is 1. The number of aromatic nitrogens is 1. The smallest absolute Gasteiger partial charge is 0.229 e. The minimum Gasteiger partial charge on any atom is -0.344 e. The third-order valence-electron chi connectivity index (χ3n) is 4.35. The Morgan fingerprint density at radius 2 is 2.21 bits per heavy atom. The van der Waals surface area contributed by atoms with Gasteiger partial charge in [0.1, 0.15) is 0 Å². The van der Waals surface area contributed by atoms with Crippen LogP contribution in [0.15, 0.2) is 28.8 Å². The topological polar surface area (TPSA) is 58.4 Å². The molecule has 2 heterocycles. The molecule has 1 aliphatic heterocycles. The average molecular weight is 368 g/mol. The Labute approximate surface area is 150 Å². The van der Waals surface area contributed by atoms with Crippen molar-refractivity contribution in [1.29, 1.82) is 0 Å². The van der Waals surface area contributed by atoms with E-state index in [9.17, 15) is 4.79 Å². The fourth-order valence-electron chi connectivity index (χ4n) is 3.04. The van der Waals surface area contributed by atoms with Gasteiger partial charge in [0.25, 0.3) is 0 Å². The largest absolute Gasteiger partial charge is 0.344 e. The van der Waals surface area contributed by atoms with Gasteiger partial charge < -0.3 is 14.7 Å². The van der Waals surface area contributed by atoms with E-state index in [2.05, 4.69) is 10.5 Å². The van der Waals surface area contributed by atoms with Gasteiger partial charge >= 0.3 is 0 Å². The lowest BCUT2D eigenvalue weighted by Gasteiger charge is -2.37. The van der Waals surface area contributed by atoms with Crippen LogP contribution in [0.25, 0.3) is 0 Å². The highest BCUT2D eigenvalue weighted by Gasteiger charge is 2.29. The minimum atomic E-state index is -0.0565. The SMILES string of the molecule is Cc1noc(Cl)c1CCC(=O)N1CCNCC1c1ccccc1Cl. The van der Waals surface area contributed by atoms with Crippen molar-refractivity contribution in [2.45, 2.75) is 25.8 Å². The van der Waals surface area contributed by atoms with Gasteiger partial charge in [-0.05, 0) is 36.6 Å². The number of hydrogen-bond acceptors (Lipinski definition) is 4. The van der Waals surface area contributed by atoms with Crippen molar-refractivity contribution < 1.29 is 9.32 Å². The van der Waals surface area contributed by atoms with Gasteiger partial charge in [-0.2, -0.15) is 0 Å². The first-order valence-corrected chi connectivity index (χ1v) is 8.68. The van der Waals surface area contributed by atoms with Crippen LogP contribution in [-0.2, 0) is 11.2 Å². The summed E-state index contributed by atoms with van der Waals surface area (Å²) in [6.45, 7) is 3.96. The van der Waals surface area contributed by atoms with Crippen LogP contribution >= 0.6 is 23.2 Å². The summed E-state index contributed by atoms with van der Waals surface area (Å²) in [5.41, 5.74) is 2.50. The molecule has 2 aromatic rings. The lowest BCUT2D eigenvalue weighted by molar-refractivity contribution is -0.134. The zero-order chi connectivity index (χ0) is 17.1.